The summed E-state index contributed by atoms with van der Waals surface area (Å²) in [4.78, 5) is 14.8. The second-order valence-corrected chi connectivity index (χ2v) is 11.7. The van der Waals surface area contributed by atoms with Crippen molar-refractivity contribution in [1.29, 1.82) is 0 Å². The van der Waals surface area contributed by atoms with Crippen molar-refractivity contribution in [1.82, 2.24) is 14.4 Å². The van der Waals surface area contributed by atoms with Crippen molar-refractivity contribution in [3.63, 3.8) is 0 Å². The molecule has 1 aliphatic rings. The van der Waals surface area contributed by atoms with E-state index in [2.05, 4.69) is 25.9 Å². The van der Waals surface area contributed by atoms with Gasteiger partial charge in [-0.25, -0.2) is 8.42 Å². The molecule has 0 spiro atoms. The monoisotopic (exact) mass is 461 g/mol. The second-order valence-electron chi connectivity index (χ2n) is 9.78. The van der Waals surface area contributed by atoms with Gasteiger partial charge in [0.05, 0.1) is 10.6 Å². The number of rotatable bonds is 5. The van der Waals surface area contributed by atoms with Crippen LogP contribution in [0.3, 0.4) is 0 Å². The molecule has 0 unspecified atom stereocenters. The summed E-state index contributed by atoms with van der Waals surface area (Å²) >= 11 is 0. The van der Waals surface area contributed by atoms with Crippen molar-refractivity contribution in [2.45, 2.75) is 71.6 Å². The van der Waals surface area contributed by atoms with E-state index in [9.17, 15) is 13.2 Å². The smallest absolute Gasteiger partial charge is 0.243 e. The van der Waals surface area contributed by atoms with E-state index in [-0.39, 0.29) is 11.3 Å². The van der Waals surface area contributed by atoms with Crippen LogP contribution in [-0.2, 0) is 26.7 Å². The van der Waals surface area contributed by atoms with E-state index in [0.717, 1.165) is 33.7 Å². The number of sulfonamides is 1. The molecule has 176 valence electrons. The molecule has 1 aliphatic heterocycles. The van der Waals surface area contributed by atoms with E-state index < -0.39 is 10.0 Å². The zero-order valence-electron chi connectivity index (χ0n) is 20.3. The number of nitrogens with zero attached hydrogens (tertiary/aromatic N) is 3. The van der Waals surface area contributed by atoms with Crippen molar-refractivity contribution in [3.8, 4) is 0 Å². The van der Waals surface area contributed by atoms with Gasteiger partial charge in [0.25, 0.3) is 0 Å². The largest absolute Gasteiger partial charge is 0.361 e. The molecule has 0 atom stereocenters. The first-order valence-electron chi connectivity index (χ1n) is 11.1. The van der Waals surface area contributed by atoms with Crippen LogP contribution < -0.4 is 0 Å². The molecule has 2 heterocycles. The van der Waals surface area contributed by atoms with E-state index in [0.29, 0.717) is 43.9 Å². The number of benzene rings is 1. The van der Waals surface area contributed by atoms with Gasteiger partial charge in [0.1, 0.15) is 5.76 Å². The van der Waals surface area contributed by atoms with Gasteiger partial charge in [0.2, 0.25) is 15.9 Å². The zero-order chi connectivity index (χ0) is 23.8. The summed E-state index contributed by atoms with van der Waals surface area (Å²) in [5, 5.41) is 3.93. The number of carbonyl (C=O) groups is 1. The van der Waals surface area contributed by atoms with Gasteiger partial charge in [-0.3, -0.25) is 4.79 Å². The molecule has 1 saturated heterocycles. The topological polar surface area (TPSA) is 83.7 Å². The van der Waals surface area contributed by atoms with Gasteiger partial charge in [-0.15, -0.1) is 0 Å². The lowest BCUT2D eigenvalue weighted by molar-refractivity contribution is -0.132. The van der Waals surface area contributed by atoms with Gasteiger partial charge < -0.3 is 9.42 Å². The lowest BCUT2D eigenvalue weighted by Crippen LogP contribution is -2.50. The summed E-state index contributed by atoms with van der Waals surface area (Å²) in [5.74, 6) is 0.776. The summed E-state index contributed by atoms with van der Waals surface area (Å²) in [6, 6.07) is 3.96. The molecule has 8 heteroatoms. The maximum Gasteiger partial charge on any atom is 0.243 e. The van der Waals surface area contributed by atoms with Crippen LogP contribution in [0.5, 0.6) is 0 Å². The summed E-state index contributed by atoms with van der Waals surface area (Å²) in [5.41, 5.74) is 4.41. The third-order valence-electron chi connectivity index (χ3n) is 6.29. The molecule has 0 saturated carbocycles. The Morgan fingerprint density at radius 3 is 2.06 bits per heavy atom. The first kappa shape index (κ1) is 24.5. The average molecular weight is 462 g/mol. The van der Waals surface area contributed by atoms with Gasteiger partial charge in [-0.1, -0.05) is 38.1 Å². The molecule has 2 aromatic rings. The quantitative estimate of drug-likeness (QED) is 0.678. The summed E-state index contributed by atoms with van der Waals surface area (Å²) in [6.07, 6.45) is 0.944. The Morgan fingerprint density at radius 1 is 1.03 bits per heavy atom. The fraction of sp³-hybridized carbons (Fsp3) is 0.583. The molecule has 0 radical (unpaired) electrons. The Balaban J connectivity index is 1.67. The molecule has 32 heavy (non-hydrogen) atoms. The van der Waals surface area contributed by atoms with Gasteiger partial charge in [-0.2, -0.15) is 4.31 Å². The van der Waals surface area contributed by atoms with E-state index in [1.54, 1.807) is 4.90 Å². The van der Waals surface area contributed by atoms with Crippen LogP contribution in [0.4, 0.5) is 0 Å². The highest BCUT2D eigenvalue weighted by molar-refractivity contribution is 7.89. The number of aromatic nitrogens is 1. The minimum atomic E-state index is -3.62. The van der Waals surface area contributed by atoms with Crippen molar-refractivity contribution < 1.29 is 17.7 Å². The van der Waals surface area contributed by atoms with Crippen LogP contribution in [0.1, 0.15) is 60.9 Å². The standard InChI is InChI=1S/C24H35N3O4S/c1-16-14-20(24(5,6)7)15-17(2)23(16)32(29,30)27-12-10-26(11-13-27)22(28)9-8-21-18(3)25-31-19(21)4/h14-15H,8-13H2,1-7H3. The summed E-state index contributed by atoms with van der Waals surface area (Å²) in [7, 11) is -3.62. The van der Waals surface area contributed by atoms with E-state index >= 15 is 0 Å². The Morgan fingerprint density at radius 2 is 1.59 bits per heavy atom. The predicted molar refractivity (Wildman–Crippen MR) is 124 cm³/mol. The molecule has 1 aromatic heterocycles. The molecule has 1 amide bonds. The molecule has 7 nitrogen and oxygen atoms in total. The fourth-order valence-electron chi connectivity index (χ4n) is 4.35. The van der Waals surface area contributed by atoms with Crippen LogP contribution in [0, 0.1) is 27.7 Å². The molecule has 0 bridgehead atoms. The molecule has 0 N–H and O–H groups in total. The number of hydrogen-bond donors (Lipinski definition) is 0. The van der Waals surface area contributed by atoms with Crippen molar-refractivity contribution in [2.24, 2.45) is 0 Å². The van der Waals surface area contributed by atoms with E-state index in [4.69, 9.17) is 4.52 Å². The normalized spacial score (nSPS) is 15.9. The van der Waals surface area contributed by atoms with Crippen LogP contribution >= 0.6 is 0 Å². The highest BCUT2D eigenvalue weighted by Crippen LogP contribution is 2.31. The van der Waals surface area contributed by atoms with Crippen molar-refractivity contribution in [2.75, 3.05) is 26.2 Å². The number of amides is 1. The maximum atomic E-state index is 13.4. The van der Waals surface area contributed by atoms with Gasteiger partial charge in [0.15, 0.2) is 0 Å². The van der Waals surface area contributed by atoms with Gasteiger partial charge in [0, 0.05) is 38.2 Å². The van der Waals surface area contributed by atoms with Crippen molar-refractivity contribution >= 4 is 15.9 Å². The Labute approximate surface area is 191 Å². The van der Waals surface area contributed by atoms with Crippen LogP contribution in [-0.4, -0.2) is 54.9 Å². The predicted octanol–water partition coefficient (Wildman–Crippen LogP) is 3.67. The maximum absolute atomic E-state index is 13.4. The summed E-state index contributed by atoms with van der Waals surface area (Å²) < 4.78 is 33.5. The molecule has 3 rings (SSSR count). The van der Waals surface area contributed by atoms with Crippen LogP contribution in [0.15, 0.2) is 21.6 Å². The van der Waals surface area contributed by atoms with Gasteiger partial charge in [-0.05, 0) is 56.2 Å². The molecular formula is C24H35N3O4S. The molecular weight excluding hydrogens is 426 g/mol. The molecule has 1 aromatic carbocycles. The molecule has 0 aliphatic carbocycles. The number of piperazine rings is 1. The number of carbonyl (C=O) groups excluding carboxylic acids is 1. The van der Waals surface area contributed by atoms with Crippen molar-refractivity contribution in [3.05, 3.63) is 45.8 Å². The minimum Gasteiger partial charge on any atom is -0.361 e. The van der Waals surface area contributed by atoms with Gasteiger partial charge >= 0.3 is 0 Å². The first-order valence-corrected chi connectivity index (χ1v) is 12.6. The lowest BCUT2D eigenvalue weighted by atomic mass is 9.85. The Bertz CT molecular complexity index is 1060. The first-order chi connectivity index (χ1) is 14.8. The van der Waals surface area contributed by atoms with Crippen LogP contribution in [0.2, 0.25) is 0 Å². The lowest BCUT2D eigenvalue weighted by Gasteiger charge is -2.35. The third-order valence-corrected chi connectivity index (χ3v) is 8.49. The second kappa shape index (κ2) is 8.98. The Kier molecular flexibility index (Phi) is 6.86. The number of hydrogen-bond acceptors (Lipinski definition) is 5. The highest BCUT2D eigenvalue weighted by Gasteiger charge is 2.32. The van der Waals surface area contributed by atoms with E-state index in [1.165, 1.54) is 4.31 Å². The van der Waals surface area contributed by atoms with Crippen LogP contribution in [0.25, 0.3) is 0 Å². The average Bonchev–Trinajstić information content (AvgIpc) is 3.02. The highest BCUT2D eigenvalue weighted by atomic mass is 32.2. The van der Waals surface area contributed by atoms with E-state index in [1.807, 2.05) is 39.8 Å². The fourth-order valence-corrected chi connectivity index (χ4v) is 6.18. The SMILES string of the molecule is Cc1cc(C(C)(C)C)cc(C)c1S(=O)(=O)N1CCN(C(=O)CCc2c(C)noc2C)CC1. The Hall–Kier alpha value is -2.19. The molecule has 1 fully saturated rings. The zero-order valence-corrected chi connectivity index (χ0v) is 21.1. The minimum absolute atomic E-state index is 0.0314. The number of aryl methyl sites for hydroxylation is 4. The summed E-state index contributed by atoms with van der Waals surface area (Å²) in [6.45, 7) is 15.2. The third kappa shape index (κ3) is 4.91.